The third-order valence-electron chi connectivity index (χ3n) is 4.57. The maximum Gasteiger partial charge on any atom is 0.391 e. The Hall–Kier alpha value is 0.100. The van der Waals surface area contributed by atoms with E-state index in [0.29, 0.717) is 24.1 Å². The van der Waals surface area contributed by atoms with Crippen LogP contribution in [0.1, 0.15) is 51.4 Å². The third kappa shape index (κ3) is 4.55. The molecule has 0 aromatic rings. The van der Waals surface area contributed by atoms with Crippen molar-refractivity contribution in [1.82, 2.24) is 5.32 Å². The van der Waals surface area contributed by atoms with Crippen molar-refractivity contribution >= 4 is 11.8 Å². The molecular weight excluding hydrogens is 271 g/mol. The van der Waals surface area contributed by atoms with Gasteiger partial charge in [-0.1, -0.05) is 12.8 Å². The lowest BCUT2D eigenvalue weighted by atomic mass is 9.84. The summed E-state index contributed by atoms with van der Waals surface area (Å²) in [5.41, 5.74) is 0. The SMILES string of the molecule is CSC1CCCC(NC2CCCC(C(F)(F)F)C2)C1. The van der Waals surface area contributed by atoms with Crippen molar-refractivity contribution in [3.05, 3.63) is 0 Å². The molecule has 19 heavy (non-hydrogen) atoms. The van der Waals surface area contributed by atoms with Gasteiger partial charge in [0.25, 0.3) is 0 Å². The van der Waals surface area contributed by atoms with Gasteiger partial charge in [0.1, 0.15) is 0 Å². The first-order chi connectivity index (χ1) is 8.99. The van der Waals surface area contributed by atoms with Gasteiger partial charge in [-0.25, -0.2) is 0 Å². The molecular formula is C14H24F3NS. The fourth-order valence-electron chi connectivity index (χ4n) is 3.48. The monoisotopic (exact) mass is 295 g/mol. The second-order valence-corrected chi connectivity index (χ2v) is 7.13. The molecule has 0 aromatic carbocycles. The van der Waals surface area contributed by atoms with E-state index in [2.05, 4.69) is 11.6 Å². The molecule has 5 heteroatoms. The summed E-state index contributed by atoms with van der Waals surface area (Å²) in [5.74, 6) is -1.08. The lowest BCUT2D eigenvalue weighted by Crippen LogP contribution is -2.45. The van der Waals surface area contributed by atoms with Gasteiger partial charge in [0, 0.05) is 17.3 Å². The summed E-state index contributed by atoms with van der Waals surface area (Å²) >= 11 is 1.90. The summed E-state index contributed by atoms with van der Waals surface area (Å²) in [7, 11) is 0. The van der Waals surface area contributed by atoms with E-state index in [1.807, 2.05) is 11.8 Å². The summed E-state index contributed by atoms with van der Waals surface area (Å²) in [4.78, 5) is 0. The van der Waals surface area contributed by atoms with Gasteiger partial charge in [-0.05, 0) is 44.8 Å². The fourth-order valence-corrected chi connectivity index (χ4v) is 4.31. The van der Waals surface area contributed by atoms with Crippen LogP contribution in [0.25, 0.3) is 0 Å². The number of rotatable bonds is 3. The number of hydrogen-bond donors (Lipinski definition) is 1. The number of thioether (sulfide) groups is 1. The maximum atomic E-state index is 12.8. The van der Waals surface area contributed by atoms with Crippen LogP contribution < -0.4 is 5.32 Å². The molecule has 1 nitrogen and oxygen atoms in total. The molecule has 4 unspecified atom stereocenters. The predicted molar refractivity (Wildman–Crippen MR) is 74.5 cm³/mol. The first-order valence-corrected chi connectivity index (χ1v) is 8.63. The van der Waals surface area contributed by atoms with Crippen molar-refractivity contribution in [2.75, 3.05) is 6.26 Å². The molecule has 0 radical (unpaired) electrons. The Kier molecular flexibility index (Phi) is 5.46. The Bertz CT molecular complexity index is 282. The predicted octanol–water partition coefficient (Wildman–Crippen LogP) is 4.37. The van der Waals surface area contributed by atoms with Crippen LogP contribution in [0.15, 0.2) is 0 Å². The quantitative estimate of drug-likeness (QED) is 0.829. The molecule has 2 aliphatic rings. The van der Waals surface area contributed by atoms with Crippen molar-refractivity contribution in [1.29, 1.82) is 0 Å². The van der Waals surface area contributed by atoms with Gasteiger partial charge < -0.3 is 5.32 Å². The zero-order valence-electron chi connectivity index (χ0n) is 11.5. The second kappa shape index (κ2) is 6.70. The molecule has 2 saturated carbocycles. The molecule has 2 fully saturated rings. The largest absolute Gasteiger partial charge is 0.391 e. The smallest absolute Gasteiger partial charge is 0.311 e. The van der Waals surface area contributed by atoms with Crippen molar-refractivity contribution in [2.24, 2.45) is 5.92 Å². The summed E-state index contributed by atoms with van der Waals surface area (Å²) in [5, 5.41) is 4.20. The standard InChI is InChI=1S/C14H24F3NS/c1-19-13-7-3-6-12(9-13)18-11-5-2-4-10(8-11)14(15,16)17/h10-13,18H,2-9H2,1H3. The maximum absolute atomic E-state index is 12.8. The fraction of sp³-hybridized carbons (Fsp3) is 1.00. The molecule has 0 saturated heterocycles. The topological polar surface area (TPSA) is 12.0 Å². The van der Waals surface area contributed by atoms with E-state index in [0.717, 1.165) is 19.3 Å². The number of nitrogens with one attached hydrogen (secondary N) is 1. The second-order valence-electron chi connectivity index (χ2n) is 5.99. The van der Waals surface area contributed by atoms with Gasteiger partial charge >= 0.3 is 6.18 Å². The zero-order valence-corrected chi connectivity index (χ0v) is 12.3. The van der Waals surface area contributed by atoms with Crippen LogP contribution in [0, 0.1) is 5.92 Å². The number of alkyl halides is 3. The van der Waals surface area contributed by atoms with E-state index in [1.54, 1.807) is 0 Å². The molecule has 4 atom stereocenters. The Morgan fingerprint density at radius 1 is 0.947 bits per heavy atom. The molecule has 1 N–H and O–H groups in total. The Morgan fingerprint density at radius 3 is 2.21 bits per heavy atom. The summed E-state index contributed by atoms with van der Waals surface area (Å²) < 4.78 is 38.3. The highest BCUT2D eigenvalue weighted by Crippen LogP contribution is 2.38. The third-order valence-corrected chi connectivity index (χ3v) is 5.66. The Labute approximate surface area is 118 Å². The molecule has 0 bridgehead atoms. The summed E-state index contributed by atoms with van der Waals surface area (Å²) in [6.45, 7) is 0. The van der Waals surface area contributed by atoms with Crippen molar-refractivity contribution in [2.45, 2.75) is 74.9 Å². The van der Waals surface area contributed by atoms with Crippen molar-refractivity contribution in [3.8, 4) is 0 Å². The van der Waals surface area contributed by atoms with Gasteiger partial charge in [0.15, 0.2) is 0 Å². The van der Waals surface area contributed by atoms with Gasteiger partial charge in [0.05, 0.1) is 5.92 Å². The normalized spacial score (nSPS) is 37.3. The minimum absolute atomic E-state index is 0.0750. The summed E-state index contributed by atoms with van der Waals surface area (Å²) in [6, 6.07) is 0.508. The Morgan fingerprint density at radius 2 is 1.58 bits per heavy atom. The molecule has 0 aromatic heterocycles. The highest BCUT2D eigenvalue weighted by molar-refractivity contribution is 7.99. The van der Waals surface area contributed by atoms with Crippen molar-refractivity contribution in [3.63, 3.8) is 0 Å². The van der Waals surface area contributed by atoms with Crippen LogP contribution in [0.2, 0.25) is 0 Å². The summed E-state index contributed by atoms with van der Waals surface area (Å²) in [6.07, 6.45) is 5.06. The highest BCUT2D eigenvalue weighted by atomic mass is 32.2. The molecule has 0 aliphatic heterocycles. The van der Waals surface area contributed by atoms with Gasteiger partial charge in [-0.2, -0.15) is 24.9 Å². The zero-order chi connectivity index (χ0) is 13.9. The van der Waals surface area contributed by atoms with Crippen LogP contribution in [0.3, 0.4) is 0 Å². The van der Waals surface area contributed by atoms with E-state index < -0.39 is 12.1 Å². The van der Waals surface area contributed by atoms with Gasteiger partial charge in [-0.15, -0.1) is 0 Å². The number of halogens is 3. The van der Waals surface area contributed by atoms with Crippen LogP contribution in [-0.4, -0.2) is 29.8 Å². The van der Waals surface area contributed by atoms with Crippen LogP contribution in [0.4, 0.5) is 13.2 Å². The average molecular weight is 295 g/mol. The highest BCUT2D eigenvalue weighted by Gasteiger charge is 2.42. The van der Waals surface area contributed by atoms with Crippen LogP contribution in [0.5, 0.6) is 0 Å². The molecule has 2 rings (SSSR count). The average Bonchev–Trinajstić information content (AvgIpc) is 2.38. The lowest BCUT2D eigenvalue weighted by molar-refractivity contribution is -0.183. The van der Waals surface area contributed by atoms with Crippen LogP contribution >= 0.6 is 11.8 Å². The molecule has 112 valence electrons. The molecule has 0 amide bonds. The van der Waals surface area contributed by atoms with Gasteiger partial charge in [-0.3, -0.25) is 0 Å². The molecule has 2 aliphatic carbocycles. The van der Waals surface area contributed by atoms with E-state index in [1.165, 1.54) is 12.8 Å². The van der Waals surface area contributed by atoms with E-state index >= 15 is 0 Å². The molecule has 0 spiro atoms. The van der Waals surface area contributed by atoms with E-state index in [-0.39, 0.29) is 12.5 Å². The molecule has 0 heterocycles. The van der Waals surface area contributed by atoms with Gasteiger partial charge in [0.2, 0.25) is 0 Å². The number of hydrogen-bond acceptors (Lipinski definition) is 2. The lowest BCUT2D eigenvalue weighted by Gasteiger charge is -2.36. The van der Waals surface area contributed by atoms with E-state index in [4.69, 9.17) is 0 Å². The van der Waals surface area contributed by atoms with Crippen molar-refractivity contribution < 1.29 is 13.2 Å². The minimum Gasteiger partial charge on any atom is -0.311 e. The first kappa shape index (κ1) is 15.5. The Balaban J connectivity index is 1.82. The first-order valence-electron chi connectivity index (χ1n) is 7.34. The van der Waals surface area contributed by atoms with Crippen LogP contribution in [-0.2, 0) is 0 Å². The minimum atomic E-state index is -4.01. The van der Waals surface area contributed by atoms with E-state index in [9.17, 15) is 13.2 Å².